The van der Waals surface area contributed by atoms with Crippen molar-refractivity contribution >= 4 is 16.4 Å². The molecule has 0 radical (unpaired) electrons. The summed E-state index contributed by atoms with van der Waals surface area (Å²) in [7, 11) is -4.75. The average molecular weight is 373 g/mol. The Morgan fingerprint density at radius 1 is 1.32 bits per heavy atom. The van der Waals surface area contributed by atoms with Crippen molar-refractivity contribution in [3.63, 3.8) is 0 Å². The van der Waals surface area contributed by atoms with Gasteiger partial charge in [0.05, 0.1) is 6.04 Å². The number of aromatic nitrogens is 2. The summed E-state index contributed by atoms with van der Waals surface area (Å²) < 4.78 is 40.8. The maximum Gasteiger partial charge on any atom is 0.418 e. The minimum Gasteiger partial charge on any atom is -0.423 e. The largest absolute Gasteiger partial charge is 0.423 e. The molecule has 25 heavy (non-hydrogen) atoms. The Balaban J connectivity index is 1.47. The van der Waals surface area contributed by atoms with E-state index in [-0.39, 0.29) is 6.54 Å². The van der Waals surface area contributed by atoms with Gasteiger partial charge < -0.3 is 14.6 Å². The molecule has 4 rings (SSSR count). The predicted molar refractivity (Wildman–Crippen MR) is 81.3 cm³/mol. The molecule has 0 aromatic carbocycles. The van der Waals surface area contributed by atoms with Gasteiger partial charge in [-0.25, -0.2) is 4.79 Å². The highest BCUT2D eigenvalue weighted by atomic mass is 32.3. The summed E-state index contributed by atoms with van der Waals surface area (Å²) in [6.45, 7) is 2.19. The van der Waals surface area contributed by atoms with Crippen molar-refractivity contribution in [3.8, 4) is 0 Å². The zero-order valence-electron chi connectivity index (χ0n) is 13.4. The molecule has 3 aliphatic heterocycles. The quantitative estimate of drug-likeness (QED) is 0.677. The molecule has 138 valence electrons. The lowest BCUT2D eigenvalue weighted by molar-refractivity contribution is -0.0317. The van der Waals surface area contributed by atoms with Crippen LogP contribution in [-0.2, 0) is 21.1 Å². The Labute approximate surface area is 144 Å². The summed E-state index contributed by atoms with van der Waals surface area (Å²) >= 11 is 0. The van der Waals surface area contributed by atoms with Crippen LogP contribution in [0, 0.1) is 5.92 Å². The molecular formula is C13H19N5O6S. The SMILES string of the molecule is O=C1N2CC(CCC2c2nnc(CC3CCNC3)o2)N1OS(=O)(=O)O. The Kier molecular flexibility index (Phi) is 4.14. The molecule has 0 saturated carbocycles. The number of hydrogen-bond donors (Lipinski definition) is 2. The van der Waals surface area contributed by atoms with Crippen molar-refractivity contribution in [2.24, 2.45) is 5.92 Å². The standard InChI is InChI=1S/C13H19N5O6S/c19-13-17-7-9(18(13)24-25(20,21)22)1-2-10(17)12-16-15-11(23-12)5-8-3-4-14-6-8/h8-10,14H,1-7H2,(H,20,21,22). The summed E-state index contributed by atoms with van der Waals surface area (Å²) in [6.07, 6.45) is 2.82. The van der Waals surface area contributed by atoms with E-state index in [9.17, 15) is 13.2 Å². The molecule has 3 unspecified atom stereocenters. The Morgan fingerprint density at radius 2 is 2.16 bits per heavy atom. The molecule has 3 fully saturated rings. The fourth-order valence-corrected chi connectivity index (χ4v) is 4.10. The van der Waals surface area contributed by atoms with Gasteiger partial charge in [0, 0.05) is 13.0 Å². The van der Waals surface area contributed by atoms with Gasteiger partial charge in [-0.2, -0.15) is 13.5 Å². The number of amides is 2. The molecule has 4 heterocycles. The summed E-state index contributed by atoms with van der Waals surface area (Å²) in [4.78, 5) is 13.8. The number of hydroxylamine groups is 2. The van der Waals surface area contributed by atoms with Crippen molar-refractivity contribution in [2.75, 3.05) is 19.6 Å². The molecule has 11 nitrogen and oxygen atoms in total. The average Bonchev–Trinajstić information content (AvgIpc) is 3.26. The number of nitrogens with zero attached hydrogens (tertiary/aromatic N) is 4. The van der Waals surface area contributed by atoms with Crippen LogP contribution in [-0.4, -0.2) is 64.8 Å². The number of hydrogen-bond acceptors (Lipinski definition) is 8. The second kappa shape index (κ2) is 6.20. The Morgan fingerprint density at radius 3 is 2.88 bits per heavy atom. The van der Waals surface area contributed by atoms with Crippen LogP contribution in [0.5, 0.6) is 0 Å². The molecule has 2 bridgehead atoms. The lowest BCUT2D eigenvalue weighted by Crippen LogP contribution is -2.35. The minimum atomic E-state index is -4.75. The number of urea groups is 1. The molecule has 12 heteroatoms. The Bertz CT molecular complexity index is 761. The molecule has 0 aliphatic carbocycles. The smallest absolute Gasteiger partial charge is 0.418 e. The van der Waals surface area contributed by atoms with Crippen LogP contribution >= 0.6 is 0 Å². The van der Waals surface area contributed by atoms with E-state index in [1.807, 2.05) is 0 Å². The van der Waals surface area contributed by atoms with E-state index in [2.05, 4.69) is 19.8 Å². The van der Waals surface area contributed by atoms with Gasteiger partial charge in [0.2, 0.25) is 11.8 Å². The summed E-state index contributed by atoms with van der Waals surface area (Å²) in [5.41, 5.74) is 0. The first kappa shape index (κ1) is 16.7. The van der Waals surface area contributed by atoms with Gasteiger partial charge in [-0.05, 0) is 38.3 Å². The van der Waals surface area contributed by atoms with E-state index < -0.39 is 28.5 Å². The molecule has 3 saturated heterocycles. The first-order valence-electron chi connectivity index (χ1n) is 8.20. The van der Waals surface area contributed by atoms with Crippen LogP contribution in [0.3, 0.4) is 0 Å². The van der Waals surface area contributed by atoms with E-state index >= 15 is 0 Å². The van der Waals surface area contributed by atoms with Crippen molar-refractivity contribution in [1.29, 1.82) is 0 Å². The van der Waals surface area contributed by atoms with Crippen molar-refractivity contribution < 1.29 is 26.5 Å². The van der Waals surface area contributed by atoms with Gasteiger partial charge in [0.15, 0.2) is 0 Å². The first-order valence-corrected chi connectivity index (χ1v) is 9.57. The Hall–Kier alpha value is -1.76. The van der Waals surface area contributed by atoms with E-state index in [0.717, 1.165) is 19.5 Å². The topological polar surface area (TPSA) is 138 Å². The molecule has 3 atom stereocenters. The molecule has 0 spiro atoms. The molecule has 2 N–H and O–H groups in total. The number of carbonyl (C=O) groups excluding carboxylic acids is 1. The fraction of sp³-hybridized carbons (Fsp3) is 0.769. The molecule has 3 aliphatic rings. The van der Waals surface area contributed by atoms with Crippen molar-refractivity contribution in [1.82, 2.24) is 25.5 Å². The molecule has 1 aromatic rings. The number of rotatable bonds is 5. The van der Waals surface area contributed by atoms with Gasteiger partial charge in [-0.1, -0.05) is 0 Å². The summed E-state index contributed by atoms with van der Waals surface area (Å²) in [5.74, 6) is 1.36. The molecular weight excluding hydrogens is 354 g/mol. The zero-order chi connectivity index (χ0) is 17.6. The van der Waals surface area contributed by atoms with Crippen LogP contribution in [0.2, 0.25) is 0 Å². The lowest BCUT2D eigenvalue weighted by Gasteiger charge is -2.27. The zero-order valence-corrected chi connectivity index (χ0v) is 14.2. The van der Waals surface area contributed by atoms with E-state index in [1.54, 1.807) is 0 Å². The second-order valence-corrected chi connectivity index (χ2v) is 7.61. The maximum atomic E-state index is 12.4. The van der Waals surface area contributed by atoms with Gasteiger partial charge in [0.25, 0.3) is 0 Å². The molecule has 1 aromatic heterocycles. The van der Waals surface area contributed by atoms with Crippen LogP contribution in [0.25, 0.3) is 0 Å². The number of nitrogens with one attached hydrogen (secondary N) is 1. The van der Waals surface area contributed by atoms with Crippen LogP contribution in [0.4, 0.5) is 4.79 Å². The highest BCUT2D eigenvalue weighted by molar-refractivity contribution is 7.80. The summed E-state index contributed by atoms with van der Waals surface area (Å²) in [5, 5.41) is 12.1. The van der Waals surface area contributed by atoms with E-state index in [4.69, 9.17) is 8.97 Å². The number of piperidine rings is 1. The van der Waals surface area contributed by atoms with E-state index in [0.29, 0.717) is 42.0 Å². The monoisotopic (exact) mass is 373 g/mol. The third kappa shape index (κ3) is 3.34. The maximum absolute atomic E-state index is 12.4. The fourth-order valence-electron chi connectivity index (χ4n) is 3.71. The minimum absolute atomic E-state index is 0.281. The van der Waals surface area contributed by atoms with Crippen LogP contribution < -0.4 is 5.32 Å². The first-order chi connectivity index (χ1) is 11.9. The summed E-state index contributed by atoms with van der Waals surface area (Å²) in [6, 6.07) is -1.48. The van der Waals surface area contributed by atoms with Crippen molar-refractivity contribution in [3.05, 3.63) is 11.8 Å². The van der Waals surface area contributed by atoms with Gasteiger partial charge >= 0.3 is 16.4 Å². The van der Waals surface area contributed by atoms with Gasteiger partial charge in [-0.15, -0.1) is 14.5 Å². The van der Waals surface area contributed by atoms with Gasteiger partial charge in [-0.3, -0.25) is 4.55 Å². The lowest BCUT2D eigenvalue weighted by atomic mass is 10.0. The van der Waals surface area contributed by atoms with Crippen molar-refractivity contribution in [2.45, 2.75) is 37.8 Å². The van der Waals surface area contributed by atoms with Crippen LogP contribution in [0.1, 0.15) is 37.1 Å². The normalized spacial score (nSPS) is 29.6. The third-order valence-electron chi connectivity index (χ3n) is 4.89. The number of fused-ring (bicyclic) bond motifs is 2. The highest BCUT2D eigenvalue weighted by Crippen LogP contribution is 2.38. The van der Waals surface area contributed by atoms with Gasteiger partial charge in [0.1, 0.15) is 6.04 Å². The highest BCUT2D eigenvalue weighted by Gasteiger charge is 2.49. The predicted octanol–water partition coefficient (Wildman–Crippen LogP) is -0.103. The number of carbonyl (C=O) groups is 1. The third-order valence-corrected chi connectivity index (χ3v) is 5.24. The second-order valence-electron chi connectivity index (χ2n) is 6.61. The van der Waals surface area contributed by atoms with Crippen LogP contribution in [0.15, 0.2) is 4.42 Å². The van der Waals surface area contributed by atoms with E-state index in [1.165, 1.54) is 4.90 Å². The molecule has 2 amide bonds.